The van der Waals surface area contributed by atoms with E-state index in [1.807, 2.05) is 42.5 Å². The van der Waals surface area contributed by atoms with E-state index in [-0.39, 0.29) is 11.0 Å². The van der Waals surface area contributed by atoms with E-state index < -0.39 is 0 Å². The summed E-state index contributed by atoms with van der Waals surface area (Å²) in [4.78, 5) is 4.19. The van der Waals surface area contributed by atoms with Crippen LogP contribution in [0, 0.1) is 0 Å². The number of nitrogens with one attached hydrogen (secondary N) is 1. The number of azo groups is 1. The second-order valence-corrected chi connectivity index (χ2v) is 5.12. The molecular formula is C15H14N6OS. The van der Waals surface area contributed by atoms with Gasteiger partial charge in [0.05, 0.1) is 12.2 Å². The van der Waals surface area contributed by atoms with Crippen LogP contribution in [0.4, 0.5) is 11.5 Å². The molecule has 3 rings (SSSR count). The number of benzene rings is 1. The molecule has 0 bridgehead atoms. The maximum absolute atomic E-state index is 10.5. The third-order valence-corrected chi connectivity index (χ3v) is 3.33. The van der Waals surface area contributed by atoms with Gasteiger partial charge in [0.25, 0.3) is 0 Å². The van der Waals surface area contributed by atoms with Crippen LogP contribution in [0.3, 0.4) is 0 Å². The molecule has 3 aromatic rings. The van der Waals surface area contributed by atoms with Gasteiger partial charge in [-0.05, 0) is 30.4 Å². The van der Waals surface area contributed by atoms with Crippen molar-refractivity contribution in [3.05, 3.63) is 48.7 Å². The molecule has 0 atom stereocenters. The summed E-state index contributed by atoms with van der Waals surface area (Å²) in [6, 6.07) is 13.0. The molecule has 2 aromatic heterocycles. The van der Waals surface area contributed by atoms with Gasteiger partial charge in [0, 0.05) is 11.6 Å². The van der Waals surface area contributed by atoms with E-state index in [0.29, 0.717) is 18.2 Å². The van der Waals surface area contributed by atoms with E-state index in [9.17, 15) is 5.11 Å². The molecule has 116 valence electrons. The van der Waals surface area contributed by atoms with Crippen molar-refractivity contribution in [1.82, 2.24) is 9.55 Å². The molecule has 0 aliphatic heterocycles. The van der Waals surface area contributed by atoms with Gasteiger partial charge in [-0.1, -0.05) is 24.3 Å². The summed E-state index contributed by atoms with van der Waals surface area (Å²) in [7, 11) is 0. The molecule has 23 heavy (non-hydrogen) atoms. The summed E-state index contributed by atoms with van der Waals surface area (Å²) >= 11 is 4.69. The maximum atomic E-state index is 10.5. The predicted molar refractivity (Wildman–Crippen MR) is 92.8 cm³/mol. The molecule has 1 aromatic carbocycles. The Morgan fingerprint density at radius 3 is 2.78 bits per heavy atom. The third kappa shape index (κ3) is 3.11. The van der Waals surface area contributed by atoms with E-state index >= 15 is 0 Å². The van der Waals surface area contributed by atoms with Gasteiger partial charge in [-0.15, -0.1) is 10.2 Å². The first-order chi connectivity index (χ1) is 11.2. The molecule has 0 aliphatic carbocycles. The van der Waals surface area contributed by atoms with Crippen molar-refractivity contribution in [2.75, 3.05) is 5.32 Å². The second kappa shape index (κ2) is 6.41. The number of hydrogen-bond donors (Lipinski definition) is 3. The monoisotopic (exact) mass is 326 g/mol. The lowest BCUT2D eigenvalue weighted by Crippen LogP contribution is -2.08. The molecule has 0 unspecified atom stereocenters. The maximum Gasteiger partial charge on any atom is 0.222 e. The lowest BCUT2D eigenvalue weighted by atomic mass is 10.2. The van der Waals surface area contributed by atoms with Gasteiger partial charge in [0.15, 0.2) is 5.69 Å². The van der Waals surface area contributed by atoms with E-state index in [1.165, 1.54) is 0 Å². The third-order valence-electron chi connectivity index (χ3n) is 3.25. The van der Waals surface area contributed by atoms with E-state index in [1.54, 1.807) is 10.8 Å². The zero-order valence-corrected chi connectivity index (χ0v) is 12.9. The highest BCUT2D eigenvalue weighted by atomic mass is 32.1. The largest absolute Gasteiger partial charge is 0.493 e. The molecule has 7 nitrogen and oxygen atoms in total. The Balaban J connectivity index is 1.99. The first-order valence-electron chi connectivity index (χ1n) is 6.83. The average molecular weight is 326 g/mol. The average Bonchev–Trinajstić information content (AvgIpc) is 2.83. The zero-order valence-electron chi connectivity index (χ0n) is 12.0. The van der Waals surface area contributed by atoms with Gasteiger partial charge >= 0.3 is 0 Å². The number of thiocarbonyl (C=S) groups is 1. The topological polar surface area (TPSA) is 101 Å². The summed E-state index contributed by atoms with van der Waals surface area (Å²) in [6.45, 7) is 0.325. The zero-order chi connectivity index (χ0) is 16.2. The number of rotatable bonds is 4. The molecule has 0 spiro atoms. The van der Waals surface area contributed by atoms with Crippen LogP contribution in [0.2, 0.25) is 0 Å². The quantitative estimate of drug-likeness (QED) is 0.505. The van der Waals surface area contributed by atoms with Gasteiger partial charge in [-0.2, -0.15) is 0 Å². The van der Waals surface area contributed by atoms with Gasteiger partial charge < -0.3 is 16.2 Å². The van der Waals surface area contributed by atoms with Gasteiger partial charge in [-0.25, -0.2) is 4.98 Å². The molecular weight excluding hydrogens is 312 g/mol. The van der Waals surface area contributed by atoms with E-state index in [0.717, 1.165) is 10.9 Å². The highest BCUT2D eigenvalue weighted by Gasteiger charge is 2.16. The number of aromatic nitrogens is 2. The van der Waals surface area contributed by atoms with Gasteiger partial charge in [-0.3, -0.25) is 4.57 Å². The molecule has 0 aliphatic rings. The number of fused-ring (bicyclic) bond motifs is 1. The fourth-order valence-corrected chi connectivity index (χ4v) is 2.30. The summed E-state index contributed by atoms with van der Waals surface area (Å²) in [6.07, 6.45) is 1.69. The summed E-state index contributed by atoms with van der Waals surface area (Å²) in [5.74, 6) is 0.686. The molecule has 0 amide bonds. The number of nitrogens with two attached hydrogens (primary N) is 1. The number of hydrogen-bond acceptors (Lipinski definition) is 5. The smallest absolute Gasteiger partial charge is 0.222 e. The van der Waals surface area contributed by atoms with Gasteiger partial charge in [0.2, 0.25) is 11.0 Å². The normalized spacial score (nSPS) is 11.1. The number of nitrogens with zero attached hydrogens (tertiary/aromatic N) is 4. The Bertz CT molecular complexity index is 874. The summed E-state index contributed by atoms with van der Waals surface area (Å²) in [5.41, 5.74) is 6.48. The van der Waals surface area contributed by atoms with Crippen molar-refractivity contribution in [2.45, 2.75) is 6.67 Å². The van der Waals surface area contributed by atoms with Crippen LogP contribution in [0.25, 0.3) is 10.9 Å². The van der Waals surface area contributed by atoms with Crippen molar-refractivity contribution >= 4 is 39.7 Å². The van der Waals surface area contributed by atoms with Crippen LogP contribution < -0.4 is 11.1 Å². The molecule has 0 saturated carbocycles. The van der Waals surface area contributed by atoms with E-state index in [4.69, 9.17) is 18.0 Å². The SMILES string of the molecule is NC(=S)N=Nc1c(O)n(CNc2ccccn2)c2ccccc12. The minimum atomic E-state index is -0.0900. The molecule has 2 heterocycles. The summed E-state index contributed by atoms with van der Waals surface area (Å²) in [5, 5.41) is 21.9. The Kier molecular flexibility index (Phi) is 4.15. The molecule has 4 N–H and O–H groups in total. The molecule has 0 radical (unpaired) electrons. The first kappa shape index (κ1) is 14.9. The Labute approximate surface area is 137 Å². The minimum Gasteiger partial charge on any atom is -0.493 e. The number of para-hydroxylation sites is 1. The molecule has 0 saturated heterocycles. The number of aromatic hydroxyl groups is 1. The first-order valence-corrected chi connectivity index (χ1v) is 7.24. The van der Waals surface area contributed by atoms with Crippen LogP contribution in [-0.4, -0.2) is 19.8 Å². The number of anilines is 1. The van der Waals surface area contributed by atoms with Crippen molar-refractivity contribution in [3.8, 4) is 5.88 Å². The van der Waals surface area contributed by atoms with Crippen molar-refractivity contribution in [2.24, 2.45) is 16.0 Å². The van der Waals surface area contributed by atoms with Crippen LogP contribution in [0.15, 0.2) is 58.9 Å². The van der Waals surface area contributed by atoms with Crippen molar-refractivity contribution < 1.29 is 5.11 Å². The predicted octanol–water partition coefficient (Wildman–Crippen LogP) is 3.14. The lowest BCUT2D eigenvalue weighted by Gasteiger charge is -2.09. The highest BCUT2D eigenvalue weighted by molar-refractivity contribution is 7.80. The van der Waals surface area contributed by atoms with Crippen LogP contribution in [0.1, 0.15) is 0 Å². The second-order valence-electron chi connectivity index (χ2n) is 4.71. The Morgan fingerprint density at radius 2 is 2.04 bits per heavy atom. The van der Waals surface area contributed by atoms with E-state index in [2.05, 4.69) is 20.5 Å². The van der Waals surface area contributed by atoms with Crippen molar-refractivity contribution in [3.63, 3.8) is 0 Å². The van der Waals surface area contributed by atoms with Gasteiger partial charge in [0.1, 0.15) is 5.82 Å². The number of pyridine rings is 1. The molecule has 0 fully saturated rings. The Morgan fingerprint density at radius 1 is 1.26 bits per heavy atom. The van der Waals surface area contributed by atoms with Crippen LogP contribution >= 0.6 is 12.2 Å². The minimum absolute atomic E-state index is 0.0189. The fourth-order valence-electron chi connectivity index (χ4n) is 2.26. The van der Waals surface area contributed by atoms with Crippen LogP contribution in [0.5, 0.6) is 5.88 Å². The van der Waals surface area contributed by atoms with Crippen molar-refractivity contribution in [1.29, 1.82) is 0 Å². The highest BCUT2D eigenvalue weighted by Crippen LogP contribution is 2.38. The fraction of sp³-hybridized carbons (Fsp3) is 0.0667. The Hall–Kier alpha value is -3.00. The summed E-state index contributed by atoms with van der Waals surface area (Å²) < 4.78 is 1.68. The van der Waals surface area contributed by atoms with Crippen LogP contribution in [-0.2, 0) is 6.67 Å². The lowest BCUT2D eigenvalue weighted by molar-refractivity contribution is 0.428. The standard InChI is InChI=1S/C15H14N6OS/c16-15(23)20-19-13-10-5-1-2-6-11(10)21(14(13)22)9-18-12-7-3-4-8-17-12/h1-8,22H,9H2,(H2,16,23)(H,17,18). The molecule has 8 heteroatoms.